The summed E-state index contributed by atoms with van der Waals surface area (Å²) in [4.78, 5) is 3.68. The number of rotatable bonds is 6. The first-order valence-corrected chi connectivity index (χ1v) is 7.73. The van der Waals surface area contributed by atoms with E-state index in [1.54, 1.807) is 11.3 Å². The normalized spacial score (nSPS) is 13.1. The van der Waals surface area contributed by atoms with Crippen molar-refractivity contribution in [3.63, 3.8) is 0 Å². The molecule has 1 aromatic carbocycles. The van der Waals surface area contributed by atoms with Gasteiger partial charge in [0, 0.05) is 30.1 Å². The Balaban J connectivity index is 2.23. The molecule has 0 radical (unpaired) electrons. The van der Waals surface area contributed by atoms with Crippen LogP contribution >= 0.6 is 11.3 Å². The number of hydrogen-bond acceptors (Lipinski definition) is 3. The molecule has 20 heavy (non-hydrogen) atoms. The summed E-state index contributed by atoms with van der Waals surface area (Å²) >= 11 is 1.75. The molecule has 1 atom stereocenters. The Kier molecular flexibility index (Phi) is 5.29. The van der Waals surface area contributed by atoms with Gasteiger partial charge in [-0.3, -0.25) is 4.90 Å². The minimum atomic E-state index is -0.209. The first-order chi connectivity index (χ1) is 9.61. The van der Waals surface area contributed by atoms with Crippen LogP contribution in [0.3, 0.4) is 0 Å². The minimum Gasteiger partial charge on any atom is -0.329 e. The smallest absolute Gasteiger partial charge is 0.123 e. The van der Waals surface area contributed by atoms with Crippen molar-refractivity contribution in [2.75, 3.05) is 6.54 Å². The van der Waals surface area contributed by atoms with Crippen LogP contribution in [-0.4, -0.2) is 17.5 Å². The van der Waals surface area contributed by atoms with Crippen molar-refractivity contribution in [3.8, 4) is 0 Å². The fourth-order valence-corrected chi connectivity index (χ4v) is 3.10. The summed E-state index contributed by atoms with van der Waals surface area (Å²) < 4.78 is 13.1. The lowest BCUT2D eigenvalue weighted by atomic mass is 10.0. The summed E-state index contributed by atoms with van der Waals surface area (Å²) in [7, 11) is 0. The molecule has 0 aliphatic rings. The number of hydrogen-bond donors (Lipinski definition) is 1. The zero-order chi connectivity index (χ0) is 14.5. The van der Waals surface area contributed by atoms with Gasteiger partial charge in [-0.2, -0.15) is 0 Å². The predicted octanol–water partition coefficient (Wildman–Crippen LogP) is 3.80. The van der Waals surface area contributed by atoms with Gasteiger partial charge in [0.15, 0.2) is 0 Å². The van der Waals surface area contributed by atoms with E-state index in [-0.39, 0.29) is 11.9 Å². The monoisotopic (exact) mass is 292 g/mol. The molecular formula is C16H21FN2S. The fraction of sp³-hybridized carbons (Fsp3) is 0.375. The van der Waals surface area contributed by atoms with Crippen LogP contribution in [0.2, 0.25) is 0 Å². The van der Waals surface area contributed by atoms with Gasteiger partial charge in [-0.25, -0.2) is 4.39 Å². The molecule has 4 heteroatoms. The molecule has 0 saturated carbocycles. The molecule has 0 saturated heterocycles. The van der Waals surface area contributed by atoms with Crippen molar-refractivity contribution in [2.45, 2.75) is 32.5 Å². The summed E-state index contributed by atoms with van der Waals surface area (Å²) in [5.74, 6) is -0.209. The molecule has 0 amide bonds. The maximum absolute atomic E-state index is 13.1. The van der Waals surface area contributed by atoms with E-state index in [1.165, 1.54) is 17.0 Å². The van der Waals surface area contributed by atoms with Crippen LogP contribution in [0.15, 0.2) is 41.8 Å². The first kappa shape index (κ1) is 15.2. The summed E-state index contributed by atoms with van der Waals surface area (Å²) in [5.41, 5.74) is 7.05. The molecule has 1 unspecified atom stereocenters. The van der Waals surface area contributed by atoms with Crippen molar-refractivity contribution in [1.82, 2.24) is 4.90 Å². The third-order valence-corrected chi connectivity index (χ3v) is 4.32. The second-order valence-corrected chi connectivity index (χ2v) is 6.18. The van der Waals surface area contributed by atoms with Gasteiger partial charge in [-0.05, 0) is 43.0 Å². The van der Waals surface area contributed by atoms with Crippen LogP contribution in [0.4, 0.5) is 4.39 Å². The molecule has 1 aromatic heterocycles. The van der Waals surface area contributed by atoms with E-state index >= 15 is 0 Å². The molecule has 1 heterocycles. The van der Waals surface area contributed by atoms with Gasteiger partial charge in [0.2, 0.25) is 0 Å². The third kappa shape index (κ3) is 3.66. The Hall–Kier alpha value is -1.23. The zero-order valence-electron chi connectivity index (χ0n) is 11.9. The molecule has 0 aliphatic heterocycles. The number of nitrogens with two attached hydrogens (primary N) is 1. The minimum absolute atomic E-state index is 0.109. The van der Waals surface area contributed by atoms with Gasteiger partial charge in [0.1, 0.15) is 5.82 Å². The van der Waals surface area contributed by atoms with Gasteiger partial charge >= 0.3 is 0 Å². The van der Waals surface area contributed by atoms with Gasteiger partial charge < -0.3 is 5.73 Å². The van der Waals surface area contributed by atoms with Crippen LogP contribution < -0.4 is 5.73 Å². The van der Waals surface area contributed by atoms with E-state index in [9.17, 15) is 4.39 Å². The SMILES string of the molecule is CC(C)N(Cc1cccs1)C(CN)c1ccc(F)cc1. The van der Waals surface area contributed by atoms with E-state index < -0.39 is 0 Å². The van der Waals surface area contributed by atoms with Crippen LogP contribution in [0.25, 0.3) is 0 Å². The predicted molar refractivity (Wildman–Crippen MR) is 83.2 cm³/mol. The second kappa shape index (κ2) is 6.97. The van der Waals surface area contributed by atoms with Gasteiger partial charge in [-0.15, -0.1) is 11.3 Å². The molecule has 0 aliphatic carbocycles. The average Bonchev–Trinajstić information content (AvgIpc) is 2.93. The number of thiophene rings is 1. The Morgan fingerprint density at radius 3 is 2.40 bits per heavy atom. The quantitative estimate of drug-likeness (QED) is 0.877. The highest BCUT2D eigenvalue weighted by molar-refractivity contribution is 7.09. The molecule has 2 rings (SSSR count). The number of nitrogens with zero attached hydrogens (tertiary/aromatic N) is 1. The molecular weight excluding hydrogens is 271 g/mol. The van der Waals surface area contributed by atoms with Gasteiger partial charge in [0.25, 0.3) is 0 Å². The van der Waals surface area contributed by atoms with Crippen LogP contribution in [0.5, 0.6) is 0 Å². The highest BCUT2D eigenvalue weighted by Crippen LogP contribution is 2.26. The maximum atomic E-state index is 13.1. The van der Waals surface area contributed by atoms with Crippen molar-refractivity contribution >= 4 is 11.3 Å². The van der Waals surface area contributed by atoms with Crippen LogP contribution in [0, 0.1) is 5.82 Å². The van der Waals surface area contributed by atoms with Crippen molar-refractivity contribution < 1.29 is 4.39 Å². The highest BCUT2D eigenvalue weighted by Gasteiger charge is 2.22. The van der Waals surface area contributed by atoms with Crippen molar-refractivity contribution in [2.24, 2.45) is 5.73 Å². The summed E-state index contributed by atoms with van der Waals surface area (Å²) in [6.07, 6.45) is 0. The Morgan fingerprint density at radius 2 is 1.90 bits per heavy atom. The lowest BCUT2D eigenvalue weighted by molar-refractivity contribution is 0.149. The summed E-state index contributed by atoms with van der Waals surface area (Å²) in [6, 6.07) is 11.3. The topological polar surface area (TPSA) is 29.3 Å². The Labute approximate surface area is 124 Å². The van der Waals surface area contributed by atoms with Gasteiger partial charge in [0.05, 0.1) is 0 Å². The van der Waals surface area contributed by atoms with E-state index in [0.717, 1.165) is 12.1 Å². The first-order valence-electron chi connectivity index (χ1n) is 6.85. The third-order valence-electron chi connectivity index (χ3n) is 3.46. The molecule has 2 N–H and O–H groups in total. The Morgan fingerprint density at radius 1 is 1.20 bits per heavy atom. The molecule has 0 spiro atoms. The molecule has 0 fully saturated rings. The van der Waals surface area contributed by atoms with Crippen molar-refractivity contribution in [3.05, 3.63) is 58.0 Å². The second-order valence-electron chi connectivity index (χ2n) is 5.15. The molecule has 108 valence electrons. The Bertz CT molecular complexity index is 508. The average molecular weight is 292 g/mol. The standard InChI is InChI=1S/C16H21FN2S/c1-12(2)19(11-15-4-3-9-20-15)16(10-18)13-5-7-14(17)8-6-13/h3-9,12,16H,10-11,18H2,1-2H3. The van der Waals surface area contributed by atoms with E-state index in [2.05, 4.69) is 36.3 Å². The zero-order valence-corrected chi connectivity index (χ0v) is 12.7. The van der Waals surface area contributed by atoms with E-state index in [0.29, 0.717) is 12.6 Å². The molecule has 0 bridgehead atoms. The summed E-state index contributed by atoms with van der Waals surface area (Å²) in [5, 5.41) is 2.09. The maximum Gasteiger partial charge on any atom is 0.123 e. The molecule has 2 aromatic rings. The fourth-order valence-electron chi connectivity index (χ4n) is 2.38. The van der Waals surface area contributed by atoms with Crippen LogP contribution in [-0.2, 0) is 6.54 Å². The van der Waals surface area contributed by atoms with E-state index in [4.69, 9.17) is 5.73 Å². The van der Waals surface area contributed by atoms with Crippen LogP contribution in [0.1, 0.15) is 30.3 Å². The van der Waals surface area contributed by atoms with E-state index in [1.807, 2.05) is 12.1 Å². The lowest BCUT2D eigenvalue weighted by Gasteiger charge is -2.34. The largest absolute Gasteiger partial charge is 0.329 e. The van der Waals surface area contributed by atoms with Gasteiger partial charge in [-0.1, -0.05) is 18.2 Å². The number of benzene rings is 1. The van der Waals surface area contributed by atoms with Crippen molar-refractivity contribution in [1.29, 1.82) is 0 Å². The lowest BCUT2D eigenvalue weighted by Crippen LogP contribution is -2.38. The summed E-state index contributed by atoms with van der Waals surface area (Å²) in [6.45, 7) is 5.73. The molecule has 2 nitrogen and oxygen atoms in total. The number of halogens is 1. The highest BCUT2D eigenvalue weighted by atomic mass is 32.1.